The average molecular weight is 213 g/mol. The van der Waals surface area contributed by atoms with Crippen LogP contribution < -0.4 is 5.32 Å². The number of hydrogen-bond donors (Lipinski definition) is 1. The Labute approximate surface area is 88.4 Å². The highest BCUT2D eigenvalue weighted by atomic mass is 16.5. The third-order valence-corrected chi connectivity index (χ3v) is 1.83. The van der Waals surface area contributed by atoms with Gasteiger partial charge in [0, 0.05) is 13.7 Å². The lowest BCUT2D eigenvalue weighted by Gasteiger charge is -2.00. The van der Waals surface area contributed by atoms with Crippen molar-refractivity contribution in [3.8, 4) is 0 Å². The monoisotopic (exact) mass is 213 g/mol. The highest BCUT2D eigenvalue weighted by Crippen LogP contribution is 2.08. The molecule has 0 amide bonds. The Hall–Kier alpha value is -1.33. The number of rotatable bonds is 6. The zero-order chi connectivity index (χ0) is 11.1. The van der Waals surface area contributed by atoms with Crippen LogP contribution in [0.25, 0.3) is 0 Å². The molecule has 0 saturated heterocycles. The quantitative estimate of drug-likeness (QED) is 0.559. The van der Waals surface area contributed by atoms with E-state index in [4.69, 9.17) is 9.15 Å². The van der Waals surface area contributed by atoms with Crippen LogP contribution in [0.3, 0.4) is 0 Å². The lowest BCUT2D eigenvalue weighted by atomic mass is 10.4. The summed E-state index contributed by atoms with van der Waals surface area (Å²) in [6, 6.07) is 3.34. The van der Waals surface area contributed by atoms with E-state index < -0.39 is 5.97 Å². The van der Waals surface area contributed by atoms with Gasteiger partial charge in [0.25, 0.3) is 0 Å². The van der Waals surface area contributed by atoms with Crippen molar-refractivity contribution in [1.29, 1.82) is 0 Å². The first-order chi connectivity index (χ1) is 7.27. The fourth-order valence-corrected chi connectivity index (χ4v) is 1.07. The van der Waals surface area contributed by atoms with Gasteiger partial charge in [-0.15, -0.1) is 0 Å². The summed E-state index contributed by atoms with van der Waals surface area (Å²) in [4.78, 5) is 11.0. The maximum atomic E-state index is 11.0. The molecule has 0 spiro atoms. The Morgan fingerprint density at radius 2 is 2.27 bits per heavy atom. The van der Waals surface area contributed by atoms with E-state index in [1.807, 2.05) is 0 Å². The second-order valence-electron chi connectivity index (χ2n) is 2.93. The van der Waals surface area contributed by atoms with Gasteiger partial charge in [0.15, 0.2) is 0 Å². The van der Waals surface area contributed by atoms with Crippen LogP contribution in [-0.2, 0) is 16.0 Å². The van der Waals surface area contributed by atoms with Gasteiger partial charge < -0.3 is 19.2 Å². The summed E-state index contributed by atoms with van der Waals surface area (Å²) in [5, 5.41) is 3.10. The van der Waals surface area contributed by atoms with Crippen molar-refractivity contribution in [2.45, 2.75) is 6.54 Å². The van der Waals surface area contributed by atoms with E-state index in [1.165, 1.54) is 7.11 Å². The fraction of sp³-hybridized carbons (Fsp3) is 0.500. The minimum absolute atomic E-state index is 0.223. The van der Waals surface area contributed by atoms with Crippen molar-refractivity contribution in [2.75, 3.05) is 27.4 Å². The normalized spacial score (nSPS) is 10.3. The maximum Gasteiger partial charge on any atom is 0.373 e. The summed E-state index contributed by atoms with van der Waals surface area (Å²) in [5.41, 5.74) is 0. The van der Waals surface area contributed by atoms with Gasteiger partial charge in [-0.3, -0.25) is 0 Å². The zero-order valence-electron chi connectivity index (χ0n) is 8.91. The van der Waals surface area contributed by atoms with Gasteiger partial charge in [0.2, 0.25) is 5.76 Å². The summed E-state index contributed by atoms with van der Waals surface area (Å²) in [6.07, 6.45) is 0. The number of ether oxygens (including phenoxy) is 2. The maximum absolute atomic E-state index is 11.0. The van der Waals surface area contributed by atoms with Crippen molar-refractivity contribution in [3.05, 3.63) is 23.7 Å². The Morgan fingerprint density at radius 3 is 2.93 bits per heavy atom. The molecule has 0 bridgehead atoms. The lowest BCUT2D eigenvalue weighted by Crippen LogP contribution is -2.18. The number of carbonyl (C=O) groups is 1. The van der Waals surface area contributed by atoms with Gasteiger partial charge in [-0.1, -0.05) is 0 Å². The van der Waals surface area contributed by atoms with Crippen LogP contribution in [0.5, 0.6) is 0 Å². The summed E-state index contributed by atoms with van der Waals surface area (Å²) in [5.74, 6) is 0.464. The number of esters is 1. The van der Waals surface area contributed by atoms with Gasteiger partial charge in [0.1, 0.15) is 5.76 Å². The first-order valence-electron chi connectivity index (χ1n) is 4.64. The summed E-state index contributed by atoms with van der Waals surface area (Å²) < 4.78 is 14.6. The van der Waals surface area contributed by atoms with E-state index in [1.54, 1.807) is 19.2 Å². The molecule has 0 atom stereocenters. The minimum Gasteiger partial charge on any atom is -0.463 e. The second-order valence-corrected chi connectivity index (χ2v) is 2.93. The van der Waals surface area contributed by atoms with Crippen molar-refractivity contribution in [2.24, 2.45) is 0 Å². The lowest BCUT2D eigenvalue weighted by molar-refractivity contribution is 0.0563. The van der Waals surface area contributed by atoms with E-state index in [9.17, 15) is 4.79 Å². The van der Waals surface area contributed by atoms with E-state index in [0.29, 0.717) is 18.9 Å². The van der Waals surface area contributed by atoms with Gasteiger partial charge in [-0.25, -0.2) is 4.79 Å². The summed E-state index contributed by atoms with van der Waals surface area (Å²) >= 11 is 0. The Morgan fingerprint density at radius 1 is 1.47 bits per heavy atom. The van der Waals surface area contributed by atoms with Crippen LogP contribution in [0.4, 0.5) is 0 Å². The molecule has 15 heavy (non-hydrogen) atoms. The van der Waals surface area contributed by atoms with Crippen LogP contribution in [0.1, 0.15) is 16.3 Å². The average Bonchev–Trinajstić information content (AvgIpc) is 2.72. The molecule has 0 fully saturated rings. The SMILES string of the molecule is COCCNCc1ccc(C(=O)OC)o1. The molecular formula is C10H15NO4. The predicted octanol–water partition coefficient (Wildman–Crippen LogP) is 0.802. The molecule has 0 unspecified atom stereocenters. The largest absolute Gasteiger partial charge is 0.463 e. The molecule has 1 aromatic rings. The van der Waals surface area contributed by atoms with E-state index in [2.05, 4.69) is 10.1 Å². The molecule has 0 radical (unpaired) electrons. The molecule has 84 valence electrons. The molecule has 1 rings (SSSR count). The third kappa shape index (κ3) is 3.73. The number of methoxy groups -OCH3 is 2. The van der Waals surface area contributed by atoms with Gasteiger partial charge in [0.05, 0.1) is 20.3 Å². The molecule has 0 aromatic carbocycles. The number of hydrogen-bond acceptors (Lipinski definition) is 5. The molecular weight excluding hydrogens is 198 g/mol. The van der Waals surface area contributed by atoms with Gasteiger partial charge in [-0.2, -0.15) is 0 Å². The Balaban J connectivity index is 2.36. The first-order valence-corrected chi connectivity index (χ1v) is 4.64. The summed E-state index contributed by atoms with van der Waals surface area (Å²) in [7, 11) is 2.96. The highest BCUT2D eigenvalue weighted by Gasteiger charge is 2.10. The summed E-state index contributed by atoms with van der Waals surface area (Å²) in [6.45, 7) is 1.95. The smallest absolute Gasteiger partial charge is 0.373 e. The molecule has 0 aliphatic heterocycles. The molecule has 5 nitrogen and oxygen atoms in total. The predicted molar refractivity (Wildman–Crippen MR) is 53.6 cm³/mol. The van der Waals surface area contributed by atoms with Gasteiger partial charge >= 0.3 is 5.97 Å². The molecule has 0 aliphatic carbocycles. The first kappa shape index (κ1) is 11.7. The van der Waals surface area contributed by atoms with Crippen molar-refractivity contribution < 1.29 is 18.7 Å². The minimum atomic E-state index is -0.460. The van der Waals surface area contributed by atoms with Crippen LogP contribution >= 0.6 is 0 Å². The zero-order valence-corrected chi connectivity index (χ0v) is 8.91. The molecule has 0 aliphatic rings. The van der Waals surface area contributed by atoms with Gasteiger partial charge in [-0.05, 0) is 12.1 Å². The molecule has 1 N–H and O–H groups in total. The number of nitrogens with one attached hydrogen (secondary N) is 1. The fourth-order valence-electron chi connectivity index (χ4n) is 1.07. The highest BCUT2D eigenvalue weighted by molar-refractivity contribution is 5.86. The van der Waals surface area contributed by atoms with E-state index in [0.717, 1.165) is 6.54 Å². The molecule has 0 saturated carbocycles. The standard InChI is InChI=1S/C10H15NO4/c1-13-6-5-11-7-8-3-4-9(15-8)10(12)14-2/h3-4,11H,5-7H2,1-2H3. The molecule has 1 aromatic heterocycles. The van der Waals surface area contributed by atoms with E-state index in [-0.39, 0.29) is 5.76 Å². The van der Waals surface area contributed by atoms with Crippen molar-refractivity contribution >= 4 is 5.97 Å². The number of furan rings is 1. The number of carbonyl (C=O) groups excluding carboxylic acids is 1. The Kier molecular flexibility index (Phi) is 4.86. The van der Waals surface area contributed by atoms with Crippen molar-refractivity contribution in [1.82, 2.24) is 5.32 Å². The molecule has 1 heterocycles. The second kappa shape index (κ2) is 6.21. The third-order valence-electron chi connectivity index (χ3n) is 1.83. The Bertz CT molecular complexity index is 308. The molecule has 5 heteroatoms. The van der Waals surface area contributed by atoms with Crippen LogP contribution in [0.15, 0.2) is 16.5 Å². The topological polar surface area (TPSA) is 60.7 Å². The van der Waals surface area contributed by atoms with Crippen molar-refractivity contribution in [3.63, 3.8) is 0 Å². The van der Waals surface area contributed by atoms with Crippen LogP contribution in [0, 0.1) is 0 Å². The van der Waals surface area contributed by atoms with Crippen LogP contribution in [0.2, 0.25) is 0 Å². The van der Waals surface area contributed by atoms with Crippen LogP contribution in [-0.4, -0.2) is 33.3 Å². The van der Waals surface area contributed by atoms with E-state index >= 15 is 0 Å².